The number of fused-ring (bicyclic) bond motifs is 1. The maximum atomic E-state index is 12.9. The van der Waals surface area contributed by atoms with Crippen LogP contribution in [-0.4, -0.2) is 39.7 Å². The number of carbonyl (C=O) groups is 2. The van der Waals surface area contributed by atoms with Crippen molar-refractivity contribution in [2.75, 3.05) is 18.9 Å². The lowest BCUT2D eigenvalue weighted by Gasteiger charge is -2.15. The van der Waals surface area contributed by atoms with Crippen molar-refractivity contribution in [1.82, 2.24) is 14.3 Å². The predicted octanol–water partition coefficient (Wildman–Crippen LogP) is 4.08. The Morgan fingerprint density at radius 2 is 1.96 bits per heavy atom. The summed E-state index contributed by atoms with van der Waals surface area (Å²) in [5, 5.41) is 2.91. The summed E-state index contributed by atoms with van der Waals surface area (Å²) in [4.78, 5) is 31.9. The van der Waals surface area contributed by atoms with Crippen molar-refractivity contribution in [2.45, 2.75) is 33.6 Å². The summed E-state index contributed by atoms with van der Waals surface area (Å²) in [5.41, 5.74) is 3.76. The van der Waals surface area contributed by atoms with E-state index in [0.717, 1.165) is 29.7 Å². The molecule has 0 atom stereocenters. The number of pyridine rings is 1. The molecule has 1 aromatic carbocycles. The zero-order valence-corrected chi connectivity index (χ0v) is 16.8. The minimum atomic E-state index is -0.344. The summed E-state index contributed by atoms with van der Waals surface area (Å²) in [5.74, 6) is -0.325. The smallest absolute Gasteiger partial charge is 0.292 e. The molecule has 0 bridgehead atoms. The summed E-state index contributed by atoms with van der Waals surface area (Å²) in [6.07, 6.45) is 3.68. The second-order valence-corrected chi connectivity index (χ2v) is 7.09. The fraction of sp³-hybridized carbons (Fsp3) is 0.318. The summed E-state index contributed by atoms with van der Waals surface area (Å²) in [7, 11) is 1.77. The predicted molar refractivity (Wildman–Crippen MR) is 111 cm³/mol. The molecule has 6 heteroatoms. The molecule has 0 spiro atoms. The number of aryl methyl sites for hydroxylation is 2. The van der Waals surface area contributed by atoms with E-state index in [1.54, 1.807) is 22.5 Å². The molecule has 1 N–H and O–H groups in total. The van der Waals surface area contributed by atoms with E-state index < -0.39 is 0 Å². The van der Waals surface area contributed by atoms with Gasteiger partial charge in [0, 0.05) is 25.5 Å². The zero-order valence-electron chi connectivity index (χ0n) is 16.8. The Morgan fingerprint density at radius 1 is 1.18 bits per heavy atom. The van der Waals surface area contributed by atoms with Gasteiger partial charge in [0.1, 0.15) is 0 Å². The number of nitrogens with one attached hydrogen (secondary N) is 1. The van der Waals surface area contributed by atoms with E-state index in [1.807, 2.05) is 50.2 Å². The molecule has 2 amide bonds. The third-order valence-corrected chi connectivity index (χ3v) is 4.78. The third-order valence-electron chi connectivity index (χ3n) is 4.78. The molecule has 0 aliphatic rings. The molecule has 3 rings (SSSR count). The number of amides is 2. The van der Waals surface area contributed by atoms with Crippen LogP contribution in [0.5, 0.6) is 0 Å². The highest BCUT2D eigenvalue weighted by atomic mass is 16.2. The highest BCUT2D eigenvalue weighted by Gasteiger charge is 2.23. The fourth-order valence-electron chi connectivity index (χ4n) is 3.17. The first-order valence-corrected chi connectivity index (χ1v) is 9.53. The molecule has 3 aromatic rings. The van der Waals surface area contributed by atoms with Crippen LogP contribution in [0.15, 0.2) is 42.6 Å². The maximum Gasteiger partial charge on any atom is 0.292 e. The van der Waals surface area contributed by atoms with Crippen molar-refractivity contribution >= 4 is 23.0 Å². The van der Waals surface area contributed by atoms with Gasteiger partial charge in [0.15, 0.2) is 5.69 Å². The lowest BCUT2D eigenvalue weighted by atomic mass is 10.1. The number of aromatic nitrogens is 2. The Balaban J connectivity index is 1.95. The molecule has 0 aliphatic carbocycles. The van der Waals surface area contributed by atoms with Gasteiger partial charge >= 0.3 is 0 Å². The van der Waals surface area contributed by atoms with Crippen LogP contribution in [0.3, 0.4) is 0 Å². The Hall–Kier alpha value is -3.15. The van der Waals surface area contributed by atoms with Gasteiger partial charge in [0.25, 0.3) is 11.8 Å². The average molecular weight is 378 g/mol. The lowest BCUT2D eigenvalue weighted by Crippen LogP contribution is -2.28. The quantitative estimate of drug-likeness (QED) is 0.703. The van der Waals surface area contributed by atoms with E-state index in [9.17, 15) is 9.59 Å². The van der Waals surface area contributed by atoms with Gasteiger partial charge < -0.3 is 10.2 Å². The minimum absolute atomic E-state index is 0.178. The number of benzene rings is 1. The number of imidazole rings is 1. The molecule has 2 heterocycles. The molecule has 0 saturated carbocycles. The van der Waals surface area contributed by atoms with Crippen LogP contribution >= 0.6 is 0 Å². The number of hydrogen-bond donors (Lipinski definition) is 1. The highest BCUT2D eigenvalue weighted by Crippen LogP contribution is 2.19. The van der Waals surface area contributed by atoms with E-state index in [4.69, 9.17) is 0 Å². The van der Waals surface area contributed by atoms with E-state index in [-0.39, 0.29) is 17.6 Å². The molecular formula is C22H26N4O2. The fourth-order valence-corrected chi connectivity index (χ4v) is 3.17. The standard InChI is InChI=1S/C22H26N4O2/c1-5-6-12-25(4)22(28)19-18-9-7-8-13-26(18)20(24-19)21(27)23-17-11-10-15(2)14-16(17)3/h7-11,13-14H,5-6,12H2,1-4H3,(H,23,27). The molecule has 0 aliphatic heterocycles. The molecule has 0 saturated heterocycles. The maximum absolute atomic E-state index is 12.9. The Bertz CT molecular complexity index is 1020. The van der Waals surface area contributed by atoms with Crippen molar-refractivity contribution in [3.05, 3.63) is 65.2 Å². The third kappa shape index (κ3) is 3.91. The van der Waals surface area contributed by atoms with Gasteiger partial charge in [-0.1, -0.05) is 37.1 Å². The van der Waals surface area contributed by atoms with Gasteiger partial charge in [-0.2, -0.15) is 0 Å². The molecule has 28 heavy (non-hydrogen) atoms. The van der Waals surface area contributed by atoms with E-state index in [2.05, 4.69) is 17.2 Å². The minimum Gasteiger partial charge on any atom is -0.340 e. The van der Waals surface area contributed by atoms with Crippen LogP contribution in [-0.2, 0) is 0 Å². The second kappa shape index (κ2) is 8.25. The van der Waals surface area contributed by atoms with Crippen molar-refractivity contribution < 1.29 is 9.59 Å². The van der Waals surface area contributed by atoms with Crippen molar-refractivity contribution in [2.24, 2.45) is 0 Å². The van der Waals surface area contributed by atoms with Crippen LogP contribution < -0.4 is 5.32 Å². The van der Waals surface area contributed by atoms with E-state index in [0.29, 0.717) is 17.8 Å². The summed E-state index contributed by atoms with van der Waals surface area (Å²) >= 11 is 0. The number of hydrogen-bond acceptors (Lipinski definition) is 3. The molecule has 0 unspecified atom stereocenters. The Kier molecular flexibility index (Phi) is 5.78. The van der Waals surface area contributed by atoms with Crippen LogP contribution in [0, 0.1) is 13.8 Å². The molecular weight excluding hydrogens is 352 g/mol. The Morgan fingerprint density at radius 3 is 2.68 bits per heavy atom. The summed E-state index contributed by atoms with van der Waals surface area (Å²) < 4.78 is 1.67. The number of carbonyl (C=O) groups excluding carboxylic acids is 2. The number of nitrogens with zero attached hydrogens (tertiary/aromatic N) is 3. The van der Waals surface area contributed by atoms with E-state index >= 15 is 0 Å². The molecule has 146 valence electrons. The molecule has 2 aromatic heterocycles. The largest absolute Gasteiger partial charge is 0.340 e. The van der Waals surface area contributed by atoms with Gasteiger partial charge in [-0.15, -0.1) is 0 Å². The molecule has 0 radical (unpaired) electrons. The topological polar surface area (TPSA) is 66.7 Å². The SMILES string of the molecule is CCCCN(C)C(=O)c1nc(C(=O)Nc2ccc(C)cc2C)n2ccccc12. The number of unbranched alkanes of at least 4 members (excludes halogenated alkanes) is 1. The first-order chi connectivity index (χ1) is 13.4. The van der Waals surface area contributed by atoms with E-state index in [1.165, 1.54) is 0 Å². The average Bonchev–Trinajstić information content (AvgIpc) is 3.07. The van der Waals surface area contributed by atoms with Crippen molar-refractivity contribution in [3.63, 3.8) is 0 Å². The monoisotopic (exact) mass is 378 g/mol. The Labute approximate surface area is 165 Å². The van der Waals surface area contributed by atoms with Crippen molar-refractivity contribution in [3.8, 4) is 0 Å². The summed E-state index contributed by atoms with van der Waals surface area (Å²) in [6.45, 7) is 6.70. The summed E-state index contributed by atoms with van der Waals surface area (Å²) in [6, 6.07) is 11.3. The molecule has 0 fully saturated rings. The highest BCUT2D eigenvalue weighted by molar-refractivity contribution is 6.06. The number of anilines is 1. The first kappa shape index (κ1) is 19.6. The first-order valence-electron chi connectivity index (χ1n) is 9.53. The lowest BCUT2D eigenvalue weighted by molar-refractivity contribution is 0.0790. The van der Waals surface area contributed by atoms with Gasteiger partial charge in [-0.05, 0) is 44.0 Å². The van der Waals surface area contributed by atoms with Gasteiger partial charge in [0.05, 0.1) is 5.52 Å². The van der Waals surface area contributed by atoms with Crippen LogP contribution in [0.1, 0.15) is 52.0 Å². The zero-order chi connectivity index (χ0) is 20.3. The van der Waals surface area contributed by atoms with Gasteiger partial charge in [-0.3, -0.25) is 14.0 Å². The second-order valence-electron chi connectivity index (χ2n) is 7.09. The normalized spacial score (nSPS) is 10.9. The van der Waals surface area contributed by atoms with Gasteiger partial charge in [0.2, 0.25) is 5.82 Å². The van der Waals surface area contributed by atoms with Crippen molar-refractivity contribution in [1.29, 1.82) is 0 Å². The molecule has 6 nitrogen and oxygen atoms in total. The van der Waals surface area contributed by atoms with Crippen LogP contribution in [0.4, 0.5) is 5.69 Å². The van der Waals surface area contributed by atoms with Gasteiger partial charge in [-0.25, -0.2) is 4.98 Å². The number of rotatable bonds is 6. The van der Waals surface area contributed by atoms with Crippen LogP contribution in [0.2, 0.25) is 0 Å². The van der Waals surface area contributed by atoms with Crippen LogP contribution in [0.25, 0.3) is 5.52 Å².